The number of hydrogen-bond donors (Lipinski definition) is 5. The highest BCUT2D eigenvalue weighted by Crippen LogP contribution is 2.77. The normalized spacial score (nSPS) is 52.2. The number of aliphatic hydroxyl groups is 5. The molecule has 0 radical (unpaired) electrons. The predicted octanol–water partition coefficient (Wildman–Crippen LogP) is 2.07. The molecule has 7 fully saturated rings. The maximum Gasteiger partial charge on any atom is 0.338 e. The van der Waals surface area contributed by atoms with E-state index in [1.54, 1.807) is 20.8 Å². The molecule has 1 spiro atoms. The van der Waals surface area contributed by atoms with Crippen molar-refractivity contribution in [2.45, 2.75) is 165 Å². The van der Waals surface area contributed by atoms with E-state index in [2.05, 4.69) is 11.8 Å². The second-order valence-electron chi connectivity index (χ2n) is 18.6. The highest BCUT2D eigenvalue weighted by molar-refractivity contribution is 5.79. The SMILES string of the molecule is CC[C@@H](C)C(=O)O[C@H]1[C@H](O)[C@H]2[C@@H](CN3C[C@@H](C)CC[C@H]3[C@@]2(C)O)[C@@H]2C[C@]34O[C@@]5(O)[C@@H](OC(=O)[C@@](C)(O)CC)CC[C@@]3(C)[C@@H]5C[C@@H](OC(C)=O)[C@H]4[C@@]21O. The summed E-state index contributed by atoms with van der Waals surface area (Å²) >= 11 is 0. The molecule has 3 aliphatic heterocycles. The summed E-state index contributed by atoms with van der Waals surface area (Å²) in [6, 6.07) is -0.243. The molecule has 5 N–H and O–H groups in total. The molecule has 0 amide bonds. The van der Waals surface area contributed by atoms with E-state index in [0.717, 1.165) is 19.4 Å². The summed E-state index contributed by atoms with van der Waals surface area (Å²) in [5, 5.41) is 62.1. The minimum absolute atomic E-state index is 0.0475. The van der Waals surface area contributed by atoms with Crippen molar-refractivity contribution < 1.29 is 58.9 Å². The number of esters is 3. The third kappa shape index (κ3) is 5.01. The van der Waals surface area contributed by atoms with Gasteiger partial charge in [0.05, 0.1) is 29.1 Å². The molecule has 13 nitrogen and oxygen atoms in total. The molecule has 0 aromatic carbocycles. The molecule has 0 unspecified atom stereocenters. The van der Waals surface area contributed by atoms with Crippen LogP contribution in [0.5, 0.6) is 0 Å². The summed E-state index contributed by atoms with van der Waals surface area (Å²) < 4.78 is 25.2. The van der Waals surface area contributed by atoms with E-state index in [4.69, 9.17) is 18.9 Å². The lowest BCUT2D eigenvalue weighted by atomic mass is 9.49. The van der Waals surface area contributed by atoms with Gasteiger partial charge in [0.15, 0.2) is 17.8 Å². The molecular weight excluding hydrogens is 674 g/mol. The van der Waals surface area contributed by atoms with Gasteiger partial charge in [0.25, 0.3) is 0 Å². The highest BCUT2D eigenvalue weighted by atomic mass is 16.7. The first kappa shape index (κ1) is 38.4. The molecule has 3 heterocycles. The second kappa shape index (κ2) is 12.3. The van der Waals surface area contributed by atoms with Crippen LogP contribution in [0.4, 0.5) is 0 Å². The van der Waals surface area contributed by atoms with Gasteiger partial charge in [-0.1, -0.05) is 34.6 Å². The van der Waals surface area contributed by atoms with Gasteiger partial charge in [-0.15, -0.1) is 0 Å². The van der Waals surface area contributed by atoms with Crippen molar-refractivity contribution in [3.05, 3.63) is 0 Å². The van der Waals surface area contributed by atoms with Crippen LogP contribution in [-0.4, -0.2) is 120 Å². The molecule has 18 atom stereocenters. The summed E-state index contributed by atoms with van der Waals surface area (Å²) in [5.41, 5.74) is -7.42. The van der Waals surface area contributed by atoms with Crippen molar-refractivity contribution in [2.75, 3.05) is 13.1 Å². The Morgan fingerprint density at radius 3 is 2.37 bits per heavy atom. The maximum atomic E-state index is 13.7. The molecule has 294 valence electrons. The fraction of sp³-hybridized carbons (Fsp3) is 0.923. The standard InChI is InChI=1S/C39H61NO12/c1-9-20(4)32(43)51-31-29(42)28-22(18-40-17-19(3)11-12-26(40)36(28,8)46)23-16-37-30(38(23,31)47)24(49-21(5)41)15-25-34(37,6)14-13-27(39(25,48)52-37)50-33(44)35(7,45)10-2/h19-20,22-31,42,45-48H,9-18H2,1-8H3/t19-,20+,22-,23-,24+,25-,26-,27-,28+,29+,30+,31-,34-,35-,36+,37+,38-,39+/m0/s1. The lowest BCUT2D eigenvalue weighted by molar-refractivity contribution is -0.300. The lowest BCUT2D eigenvalue weighted by Crippen LogP contribution is -2.77. The summed E-state index contributed by atoms with van der Waals surface area (Å²) in [7, 11) is 0. The molecule has 13 heteroatoms. The van der Waals surface area contributed by atoms with Crippen LogP contribution in [0.25, 0.3) is 0 Å². The number of nitrogens with zero attached hydrogens (tertiary/aromatic N) is 1. The Morgan fingerprint density at radius 1 is 1.04 bits per heavy atom. The number of aliphatic hydroxyl groups excluding tert-OH is 1. The molecule has 0 aromatic rings. The Kier molecular flexibility index (Phi) is 9.10. The number of fused-ring (bicyclic) bond motifs is 5. The minimum atomic E-state index is -2.06. The van der Waals surface area contributed by atoms with Gasteiger partial charge in [0.2, 0.25) is 5.79 Å². The average molecular weight is 736 g/mol. The summed E-state index contributed by atoms with van der Waals surface area (Å²) in [4.78, 5) is 42.0. The Morgan fingerprint density at radius 2 is 1.73 bits per heavy atom. The van der Waals surface area contributed by atoms with Crippen molar-refractivity contribution in [3.63, 3.8) is 0 Å². The minimum Gasteiger partial charge on any atom is -0.462 e. The van der Waals surface area contributed by atoms with Crippen LogP contribution in [0.3, 0.4) is 0 Å². The van der Waals surface area contributed by atoms with Crippen LogP contribution in [0, 0.1) is 46.8 Å². The van der Waals surface area contributed by atoms with Gasteiger partial charge in [-0.05, 0) is 83.0 Å². The smallest absolute Gasteiger partial charge is 0.338 e. The average Bonchev–Trinajstić information content (AvgIpc) is 3.34. The van der Waals surface area contributed by atoms with Crippen molar-refractivity contribution in [1.29, 1.82) is 0 Å². The van der Waals surface area contributed by atoms with E-state index in [1.165, 1.54) is 13.8 Å². The molecule has 4 saturated carbocycles. The van der Waals surface area contributed by atoms with E-state index in [0.29, 0.717) is 25.3 Å². The van der Waals surface area contributed by atoms with Crippen LogP contribution in [0.2, 0.25) is 0 Å². The zero-order chi connectivity index (χ0) is 38.1. The van der Waals surface area contributed by atoms with Gasteiger partial charge >= 0.3 is 17.9 Å². The molecule has 0 aromatic heterocycles. The number of carbonyl (C=O) groups excluding carboxylic acids is 3. The largest absolute Gasteiger partial charge is 0.462 e. The topological polar surface area (TPSA) is 193 Å². The second-order valence-corrected chi connectivity index (χ2v) is 18.6. The fourth-order valence-electron chi connectivity index (χ4n) is 12.8. The van der Waals surface area contributed by atoms with Crippen molar-refractivity contribution >= 4 is 17.9 Å². The molecule has 7 aliphatic rings. The summed E-state index contributed by atoms with van der Waals surface area (Å²) in [6.07, 6.45) is -2.10. The van der Waals surface area contributed by atoms with Gasteiger partial charge in [-0.3, -0.25) is 14.5 Å². The van der Waals surface area contributed by atoms with E-state index < -0.39 is 111 Å². The monoisotopic (exact) mass is 735 g/mol. The summed E-state index contributed by atoms with van der Waals surface area (Å²) in [6.45, 7) is 15.0. The molecule has 52 heavy (non-hydrogen) atoms. The zero-order valence-electron chi connectivity index (χ0n) is 32.0. The van der Waals surface area contributed by atoms with Crippen LogP contribution < -0.4 is 0 Å². The van der Waals surface area contributed by atoms with Crippen LogP contribution in [0.15, 0.2) is 0 Å². The Bertz CT molecular complexity index is 1470. The number of rotatable bonds is 7. The Balaban J connectivity index is 1.39. The summed E-state index contributed by atoms with van der Waals surface area (Å²) in [5.74, 6) is -8.04. The van der Waals surface area contributed by atoms with Gasteiger partial charge in [-0.2, -0.15) is 0 Å². The quantitative estimate of drug-likeness (QED) is 0.189. The van der Waals surface area contributed by atoms with Crippen molar-refractivity contribution in [1.82, 2.24) is 4.90 Å². The van der Waals surface area contributed by atoms with Crippen LogP contribution >= 0.6 is 0 Å². The molecule has 3 saturated heterocycles. The van der Waals surface area contributed by atoms with Crippen LogP contribution in [0.1, 0.15) is 107 Å². The fourth-order valence-corrected chi connectivity index (χ4v) is 12.8. The van der Waals surface area contributed by atoms with Gasteiger partial charge in [-0.25, -0.2) is 4.79 Å². The number of ether oxygens (including phenoxy) is 4. The van der Waals surface area contributed by atoms with E-state index >= 15 is 0 Å². The first-order valence-electron chi connectivity index (χ1n) is 19.7. The Labute approximate surface area is 306 Å². The van der Waals surface area contributed by atoms with Gasteiger partial charge in [0, 0.05) is 43.3 Å². The van der Waals surface area contributed by atoms with E-state index in [-0.39, 0.29) is 31.7 Å². The van der Waals surface area contributed by atoms with Crippen molar-refractivity contribution in [3.8, 4) is 0 Å². The highest BCUT2D eigenvalue weighted by Gasteiger charge is 2.87. The molecule has 4 aliphatic carbocycles. The first-order valence-corrected chi connectivity index (χ1v) is 19.7. The number of hydrogen-bond acceptors (Lipinski definition) is 13. The van der Waals surface area contributed by atoms with E-state index in [9.17, 15) is 39.9 Å². The van der Waals surface area contributed by atoms with Crippen molar-refractivity contribution in [2.24, 2.45) is 46.8 Å². The third-order valence-electron chi connectivity index (χ3n) is 15.7. The first-order chi connectivity index (χ1) is 24.1. The van der Waals surface area contributed by atoms with Crippen LogP contribution in [-0.2, 0) is 33.3 Å². The lowest BCUT2D eigenvalue weighted by Gasteiger charge is -2.64. The Hall–Kier alpha value is -1.87. The van der Waals surface area contributed by atoms with Gasteiger partial charge in [0.1, 0.15) is 11.7 Å². The number of piperidine rings is 2. The third-order valence-corrected chi connectivity index (χ3v) is 15.7. The van der Waals surface area contributed by atoms with E-state index in [1.807, 2.05) is 13.8 Å². The van der Waals surface area contributed by atoms with Gasteiger partial charge < -0.3 is 44.5 Å². The maximum absolute atomic E-state index is 13.7. The molecule has 7 rings (SSSR count). The molecule has 4 bridgehead atoms. The zero-order valence-corrected chi connectivity index (χ0v) is 32.0. The number of carbonyl (C=O) groups is 3. The molecular formula is C39H61NO12. The predicted molar refractivity (Wildman–Crippen MR) is 184 cm³/mol.